The maximum atomic E-state index is 9.30. The van der Waals surface area contributed by atoms with E-state index in [0.717, 1.165) is 17.0 Å². The molecule has 0 aliphatic rings. The van der Waals surface area contributed by atoms with Gasteiger partial charge in [0, 0.05) is 17.2 Å². The van der Waals surface area contributed by atoms with E-state index < -0.39 is 6.10 Å². The summed E-state index contributed by atoms with van der Waals surface area (Å²) >= 11 is 7.56. The van der Waals surface area contributed by atoms with E-state index in [1.807, 2.05) is 25.2 Å². The summed E-state index contributed by atoms with van der Waals surface area (Å²) in [7, 11) is 1.87. The van der Waals surface area contributed by atoms with E-state index in [1.54, 1.807) is 0 Å². The molecule has 0 saturated carbocycles. The predicted molar refractivity (Wildman–Crippen MR) is 68.0 cm³/mol. The summed E-state index contributed by atoms with van der Waals surface area (Å²) in [6.45, 7) is 0.511. The van der Waals surface area contributed by atoms with Crippen molar-refractivity contribution in [1.29, 1.82) is 0 Å². The number of hydrogen-bond donors (Lipinski definition) is 3. The molecule has 0 amide bonds. The van der Waals surface area contributed by atoms with Gasteiger partial charge in [-0.15, -0.1) is 11.8 Å². The lowest BCUT2D eigenvalue weighted by Crippen LogP contribution is -2.15. The van der Waals surface area contributed by atoms with Crippen LogP contribution in [0.25, 0.3) is 0 Å². The van der Waals surface area contributed by atoms with Gasteiger partial charge in [0.2, 0.25) is 0 Å². The van der Waals surface area contributed by atoms with Crippen molar-refractivity contribution in [3.05, 3.63) is 28.8 Å². The Kier molecular flexibility index (Phi) is 6.16. The maximum absolute atomic E-state index is 9.30. The molecule has 0 aliphatic carbocycles. The molecule has 1 atom stereocenters. The van der Waals surface area contributed by atoms with Crippen LogP contribution < -0.4 is 5.32 Å². The number of aliphatic hydroxyl groups is 2. The maximum Gasteiger partial charge on any atom is 0.0864 e. The molecule has 0 saturated heterocycles. The van der Waals surface area contributed by atoms with Gasteiger partial charge in [-0.25, -0.2) is 0 Å². The van der Waals surface area contributed by atoms with E-state index in [0.29, 0.717) is 10.8 Å². The van der Waals surface area contributed by atoms with Crippen LogP contribution in [0.2, 0.25) is 5.02 Å². The molecule has 90 valence electrons. The lowest BCUT2D eigenvalue weighted by atomic mass is 10.2. The first kappa shape index (κ1) is 13.8. The van der Waals surface area contributed by atoms with Crippen molar-refractivity contribution >= 4 is 23.4 Å². The highest BCUT2D eigenvalue weighted by atomic mass is 35.5. The second-order valence-corrected chi connectivity index (χ2v) is 4.84. The van der Waals surface area contributed by atoms with Crippen molar-refractivity contribution in [2.75, 3.05) is 19.4 Å². The summed E-state index contributed by atoms with van der Waals surface area (Å²) in [5.41, 5.74) is 1.10. The second kappa shape index (κ2) is 7.14. The van der Waals surface area contributed by atoms with Gasteiger partial charge in [-0.3, -0.25) is 0 Å². The van der Waals surface area contributed by atoms with E-state index in [4.69, 9.17) is 16.7 Å². The van der Waals surface area contributed by atoms with E-state index in [1.165, 1.54) is 11.8 Å². The van der Waals surface area contributed by atoms with Crippen molar-refractivity contribution in [3.63, 3.8) is 0 Å². The van der Waals surface area contributed by atoms with Gasteiger partial charge in [-0.2, -0.15) is 0 Å². The Bertz CT molecular complexity index is 336. The van der Waals surface area contributed by atoms with Crippen LogP contribution in [-0.4, -0.2) is 35.7 Å². The van der Waals surface area contributed by atoms with Crippen LogP contribution in [0.4, 0.5) is 0 Å². The number of benzene rings is 1. The Morgan fingerprint density at radius 2 is 2.25 bits per heavy atom. The fourth-order valence-electron chi connectivity index (χ4n) is 1.28. The van der Waals surface area contributed by atoms with Crippen LogP contribution >= 0.6 is 23.4 Å². The largest absolute Gasteiger partial charge is 0.394 e. The third-order valence-electron chi connectivity index (χ3n) is 2.05. The number of halogens is 1. The van der Waals surface area contributed by atoms with Gasteiger partial charge in [-0.1, -0.05) is 23.7 Å². The molecule has 1 rings (SSSR count). The van der Waals surface area contributed by atoms with Gasteiger partial charge < -0.3 is 15.5 Å². The van der Waals surface area contributed by atoms with E-state index in [2.05, 4.69) is 5.32 Å². The van der Waals surface area contributed by atoms with Gasteiger partial charge in [-0.05, 0) is 18.7 Å². The molecule has 16 heavy (non-hydrogen) atoms. The number of thioether (sulfide) groups is 1. The van der Waals surface area contributed by atoms with Crippen LogP contribution in [0.15, 0.2) is 23.1 Å². The minimum atomic E-state index is -0.705. The minimum absolute atomic E-state index is 0.223. The fourth-order valence-corrected chi connectivity index (χ4v) is 2.63. The molecule has 0 spiro atoms. The standard InChI is InChI=1S/C11H16ClNO2S/c1-13-5-8-3-2-4-10(12)11(8)16-7-9(15)6-14/h2-4,9,13-15H,5-7H2,1H3. The van der Waals surface area contributed by atoms with Crippen LogP contribution in [0, 0.1) is 0 Å². The third kappa shape index (κ3) is 3.96. The minimum Gasteiger partial charge on any atom is -0.394 e. The van der Waals surface area contributed by atoms with Gasteiger partial charge >= 0.3 is 0 Å². The van der Waals surface area contributed by atoms with Crippen LogP contribution in [0.3, 0.4) is 0 Å². The lowest BCUT2D eigenvalue weighted by Gasteiger charge is -2.12. The molecule has 1 aromatic rings. The highest BCUT2D eigenvalue weighted by Crippen LogP contribution is 2.31. The predicted octanol–water partition coefficient (Wildman–Crippen LogP) is 1.50. The first-order valence-corrected chi connectivity index (χ1v) is 6.39. The Morgan fingerprint density at radius 1 is 1.50 bits per heavy atom. The molecule has 0 fully saturated rings. The topological polar surface area (TPSA) is 52.5 Å². The molecule has 0 heterocycles. The molecule has 1 unspecified atom stereocenters. The number of hydrogen-bond acceptors (Lipinski definition) is 4. The molecule has 1 aromatic carbocycles. The van der Waals surface area contributed by atoms with E-state index in [-0.39, 0.29) is 6.61 Å². The fraction of sp³-hybridized carbons (Fsp3) is 0.455. The highest BCUT2D eigenvalue weighted by Gasteiger charge is 2.09. The van der Waals surface area contributed by atoms with Crippen molar-refractivity contribution in [2.45, 2.75) is 17.5 Å². The second-order valence-electron chi connectivity index (χ2n) is 3.41. The van der Waals surface area contributed by atoms with Crippen molar-refractivity contribution in [3.8, 4) is 0 Å². The molecular formula is C11H16ClNO2S. The van der Waals surface area contributed by atoms with Gasteiger partial charge in [0.25, 0.3) is 0 Å². The van der Waals surface area contributed by atoms with Gasteiger partial charge in [0.05, 0.1) is 17.7 Å². The summed E-state index contributed by atoms with van der Waals surface area (Å²) in [6.07, 6.45) is -0.705. The van der Waals surface area contributed by atoms with Crippen LogP contribution in [-0.2, 0) is 6.54 Å². The monoisotopic (exact) mass is 261 g/mol. The smallest absolute Gasteiger partial charge is 0.0864 e. The van der Waals surface area contributed by atoms with Gasteiger partial charge in [0.15, 0.2) is 0 Å². The van der Waals surface area contributed by atoms with Crippen molar-refractivity contribution < 1.29 is 10.2 Å². The lowest BCUT2D eigenvalue weighted by molar-refractivity contribution is 0.113. The molecule has 0 aromatic heterocycles. The Morgan fingerprint density at radius 3 is 2.88 bits per heavy atom. The van der Waals surface area contributed by atoms with Crippen LogP contribution in [0.5, 0.6) is 0 Å². The first-order chi connectivity index (χ1) is 7.69. The Hall–Kier alpha value is -0.260. The average molecular weight is 262 g/mol. The van der Waals surface area contributed by atoms with Gasteiger partial charge in [0.1, 0.15) is 0 Å². The molecule has 3 nitrogen and oxygen atoms in total. The normalized spacial score (nSPS) is 12.8. The summed E-state index contributed by atoms with van der Waals surface area (Å²) in [5, 5.41) is 21.8. The van der Waals surface area contributed by atoms with Crippen molar-refractivity contribution in [1.82, 2.24) is 5.32 Å². The first-order valence-electron chi connectivity index (χ1n) is 5.02. The average Bonchev–Trinajstić information content (AvgIpc) is 2.28. The summed E-state index contributed by atoms with van der Waals surface area (Å²) in [4.78, 5) is 0.964. The van der Waals surface area contributed by atoms with E-state index in [9.17, 15) is 5.11 Å². The Balaban J connectivity index is 2.75. The summed E-state index contributed by atoms with van der Waals surface area (Å²) < 4.78 is 0. The molecule has 0 radical (unpaired) electrons. The zero-order chi connectivity index (χ0) is 12.0. The molecule has 3 N–H and O–H groups in total. The van der Waals surface area contributed by atoms with Crippen molar-refractivity contribution in [2.24, 2.45) is 0 Å². The number of nitrogens with one attached hydrogen (secondary N) is 1. The molecule has 5 heteroatoms. The summed E-state index contributed by atoms with van der Waals surface area (Å²) in [5.74, 6) is 0.441. The zero-order valence-corrected chi connectivity index (χ0v) is 10.7. The molecular weight excluding hydrogens is 246 g/mol. The highest BCUT2D eigenvalue weighted by molar-refractivity contribution is 7.99. The van der Waals surface area contributed by atoms with Crippen LogP contribution in [0.1, 0.15) is 5.56 Å². The SMILES string of the molecule is CNCc1cccc(Cl)c1SCC(O)CO. The Labute approximate surface area is 105 Å². The molecule has 0 bridgehead atoms. The quantitative estimate of drug-likeness (QED) is 0.680. The third-order valence-corrected chi connectivity index (χ3v) is 3.80. The number of aliphatic hydroxyl groups excluding tert-OH is 2. The van der Waals surface area contributed by atoms with E-state index >= 15 is 0 Å². The zero-order valence-electron chi connectivity index (χ0n) is 9.11. The number of rotatable bonds is 6. The molecule has 0 aliphatic heterocycles. The summed E-state index contributed by atoms with van der Waals surface area (Å²) in [6, 6.07) is 5.73.